The van der Waals surface area contributed by atoms with Gasteiger partial charge in [0.2, 0.25) is 0 Å². The lowest BCUT2D eigenvalue weighted by Gasteiger charge is -2.13. The minimum atomic E-state index is 0.485. The topological polar surface area (TPSA) is 9.23 Å². The minimum absolute atomic E-state index is 0.485. The molecular weight excluding hydrogens is 232 g/mol. The van der Waals surface area contributed by atoms with E-state index in [2.05, 4.69) is 6.92 Å². The first-order chi connectivity index (χ1) is 9.39. The van der Waals surface area contributed by atoms with Crippen molar-refractivity contribution in [1.82, 2.24) is 0 Å². The normalized spacial score (nSPS) is 27.3. The van der Waals surface area contributed by atoms with E-state index in [1.165, 1.54) is 96.3 Å². The molecule has 1 heteroatoms. The molecule has 1 heterocycles. The monoisotopic (exact) mass is 268 g/mol. The first-order valence-corrected chi connectivity index (χ1v) is 9.01. The highest BCUT2D eigenvalue weighted by atomic mass is 16.5. The molecule has 1 unspecified atom stereocenters. The van der Waals surface area contributed by atoms with Crippen molar-refractivity contribution in [3.8, 4) is 0 Å². The van der Waals surface area contributed by atoms with Crippen molar-refractivity contribution in [3.63, 3.8) is 0 Å². The zero-order valence-electron chi connectivity index (χ0n) is 13.3. The zero-order valence-corrected chi connectivity index (χ0v) is 13.3. The van der Waals surface area contributed by atoms with Gasteiger partial charge in [-0.2, -0.15) is 0 Å². The van der Waals surface area contributed by atoms with E-state index in [0.29, 0.717) is 6.10 Å². The maximum Gasteiger partial charge on any atom is 0.0547 e. The summed E-state index contributed by atoms with van der Waals surface area (Å²) in [4.78, 5) is 0. The van der Waals surface area contributed by atoms with Gasteiger partial charge in [0.05, 0.1) is 6.10 Å². The Hall–Kier alpha value is -0.0400. The van der Waals surface area contributed by atoms with Crippen LogP contribution in [0.15, 0.2) is 0 Å². The molecule has 0 aliphatic carbocycles. The molecule has 0 saturated carbocycles. The summed E-state index contributed by atoms with van der Waals surface area (Å²) >= 11 is 0. The Balaban J connectivity index is 2.08. The highest BCUT2D eigenvalue weighted by Crippen LogP contribution is 2.15. The molecule has 0 N–H and O–H groups in total. The van der Waals surface area contributed by atoms with Gasteiger partial charge in [0.15, 0.2) is 0 Å². The summed E-state index contributed by atoms with van der Waals surface area (Å²) in [6, 6.07) is 0. The lowest BCUT2D eigenvalue weighted by molar-refractivity contribution is 0.0557. The fourth-order valence-corrected chi connectivity index (χ4v) is 3.02. The Kier molecular flexibility index (Phi) is 11.6. The third-order valence-electron chi connectivity index (χ3n) is 4.41. The first-order valence-electron chi connectivity index (χ1n) is 9.01. The second kappa shape index (κ2) is 13.0. The van der Waals surface area contributed by atoms with Crippen LogP contribution in [0.5, 0.6) is 0 Å². The van der Waals surface area contributed by atoms with E-state index in [0.717, 1.165) is 6.61 Å². The molecular formula is C18H36O. The standard InChI is InChI=1S/C18H36O/c1-18-16-14-12-10-8-6-4-2-3-5-7-9-11-13-15-17-19-18/h18H,2-17H2,1H3. The fourth-order valence-electron chi connectivity index (χ4n) is 3.02. The molecule has 1 aliphatic rings. The lowest BCUT2D eigenvalue weighted by Crippen LogP contribution is -2.09. The van der Waals surface area contributed by atoms with E-state index in [-0.39, 0.29) is 0 Å². The number of hydrogen-bond acceptors (Lipinski definition) is 1. The molecule has 1 fully saturated rings. The molecule has 1 saturated heterocycles. The summed E-state index contributed by atoms with van der Waals surface area (Å²) in [6.07, 6.45) is 21.7. The molecule has 0 spiro atoms. The summed E-state index contributed by atoms with van der Waals surface area (Å²) in [5.41, 5.74) is 0. The Labute approximate surface area is 121 Å². The van der Waals surface area contributed by atoms with Crippen LogP contribution < -0.4 is 0 Å². The first kappa shape index (κ1) is 17.0. The minimum Gasteiger partial charge on any atom is -0.379 e. The average molecular weight is 268 g/mol. The third-order valence-corrected chi connectivity index (χ3v) is 4.41. The van der Waals surface area contributed by atoms with Gasteiger partial charge in [0.1, 0.15) is 0 Å². The van der Waals surface area contributed by atoms with E-state index in [4.69, 9.17) is 4.74 Å². The molecule has 0 radical (unpaired) electrons. The zero-order chi connectivity index (χ0) is 13.6. The molecule has 1 rings (SSSR count). The van der Waals surface area contributed by atoms with Crippen molar-refractivity contribution >= 4 is 0 Å². The Morgan fingerprint density at radius 2 is 0.895 bits per heavy atom. The van der Waals surface area contributed by atoms with Crippen molar-refractivity contribution < 1.29 is 4.74 Å². The Morgan fingerprint density at radius 3 is 1.37 bits per heavy atom. The third kappa shape index (κ3) is 11.5. The smallest absolute Gasteiger partial charge is 0.0547 e. The molecule has 1 aliphatic heterocycles. The van der Waals surface area contributed by atoms with Crippen LogP contribution in [0.3, 0.4) is 0 Å². The second-order valence-corrected chi connectivity index (χ2v) is 6.42. The summed E-state index contributed by atoms with van der Waals surface area (Å²) in [5, 5.41) is 0. The number of hydrogen-bond donors (Lipinski definition) is 0. The van der Waals surface area contributed by atoms with E-state index < -0.39 is 0 Å². The fraction of sp³-hybridized carbons (Fsp3) is 1.00. The van der Waals surface area contributed by atoms with Crippen molar-refractivity contribution in [1.29, 1.82) is 0 Å². The maximum atomic E-state index is 5.89. The van der Waals surface area contributed by atoms with Crippen molar-refractivity contribution in [2.75, 3.05) is 6.61 Å². The molecule has 0 aromatic carbocycles. The van der Waals surface area contributed by atoms with Crippen LogP contribution in [0.25, 0.3) is 0 Å². The van der Waals surface area contributed by atoms with E-state index >= 15 is 0 Å². The Bertz CT molecular complexity index is 161. The molecule has 1 nitrogen and oxygen atoms in total. The predicted molar refractivity (Wildman–Crippen MR) is 84.7 cm³/mol. The van der Waals surface area contributed by atoms with Gasteiger partial charge in [-0.25, -0.2) is 0 Å². The molecule has 0 aromatic heterocycles. The van der Waals surface area contributed by atoms with E-state index in [9.17, 15) is 0 Å². The molecule has 19 heavy (non-hydrogen) atoms. The highest BCUT2D eigenvalue weighted by molar-refractivity contribution is 4.54. The molecule has 114 valence electrons. The maximum absolute atomic E-state index is 5.89. The molecule has 0 aromatic rings. The number of ether oxygens (including phenoxy) is 1. The van der Waals surface area contributed by atoms with Gasteiger partial charge in [0, 0.05) is 6.61 Å². The molecule has 0 amide bonds. The van der Waals surface area contributed by atoms with E-state index in [1.54, 1.807) is 0 Å². The van der Waals surface area contributed by atoms with Gasteiger partial charge in [-0.15, -0.1) is 0 Å². The van der Waals surface area contributed by atoms with Crippen LogP contribution in [0.2, 0.25) is 0 Å². The SMILES string of the molecule is CC1CCCCCCCCCCCCCCCCO1. The van der Waals surface area contributed by atoms with Crippen molar-refractivity contribution in [2.45, 2.75) is 109 Å². The van der Waals surface area contributed by atoms with Crippen LogP contribution >= 0.6 is 0 Å². The van der Waals surface area contributed by atoms with Gasteiger partial charge in [-0.3, -0.25) is 0 Å². The summed E-state index contributed by atoms with van der Waals surface area (Å²) in [6.45, 7) is 3.24. The highest BCUT2D eigenvalue weighted by Gasteiger charge is 2.02. The van der Waals surface area contributed by atoms with Gasteiger partial charge < -0.3 is 4.74 Å². The average Bonchev–Trinajstić information content (AvgIpc) is 2.41. The van der Waals surface area contributed by atoms with Gasteiger partial charge in [0.25, 0.3) is 0 Å². The largest absolute Gasteiger partial charge is 0.379 e. The van der Waals surface area contributed by atoms with Crippen LogP contribution in [0.1, 0.15) is 103 Å². The molecule has 0 bridgehead atoms. The summed E-state index contributed by atoms with van der Waals surface area (Å²) in [5.74, 6) is 0. The van der Waals surface area contributed by atoms with Crippen LogP contribution in [-0.2, 0) is 4.74 Å². The van der Waals surface area contributed by atoms with Crippen LogP contribution in [-0.4, -0.2) is 12.7 Å². The van der Waals surface area contributed by atoms with Crippen molar-refractivity contribution in [3.05, 3.63) is 0 Å². The van der Waals surface area contributed by atoms with Crippen molar-refractivity contribution in [2.24, 2.45) is 0 Å². The van der Waals surface area contributed by atoms with Gasteiger partial charge in [-0.05, 0) is 19.8 Å². The van der Waals surface area contributed by atoms with E-state index in [1.807, 2.05) is 0 Å². The van der Waals surface area contributed by atoms with Gasteiger partial charge >= 0.3 is 0 Å². The van der Waals surface area contributed by atoms with Crippen LogP contribution in [0, 0.1) is 0 Å². The summed E-state index contributed by atoms with van der Waals surface area (Å²) in [7, 11) is 0. The molecule has 1 atom stereocenters. The lowest BCUT2D eigenvalue weighted by atomic mass is 10.0. The number of rotatable bonds is 0. The quantitative estimate of drug-likeness (QED) is 0.504. The van der Waals surface area contributed by atoms with Crippen LogP contribution in [0.4, 0.5) is 0 Å². The van der Waals surface area contributed by atoms with Gasteiger partial charge in [-0.1, -0.05) is 83.5 Å². The summed E-state index contributed by atoms with van der Waals surface area (Å²) < 4.78 is 5.89. The predicted octanol–water partition coefficient (Wildman–Crippen LogP) is 6.26. The Morgan fingerprint density at radius 1 is 0.526 bits per heavy atom. The second-order valence-electron chi connectivity index (χ2n) is 6.42.